The van der Waals surface area contributed by atoms with Crippen LogP contribution in [0.2, 0.25) is 0 Å². The molecule has 0 radical (unpaired) electrons. The molecular formula is C18H21NO7S2. The third-order valence-corrected chi connectivity index (χ3v) is 8.59. The monoisotopic (exact) mass is 427 g/mol. The zero-order valence-corrected chi connectivity index (χ0v) is 17.3. The largest absolute Gasteiger partial charge is 0.497 e. The Hall–Kier alpha value is -2.30. The Bertz CT molecular complexity index is 1060. The summed E-state index contributed by atoms with van der Waals surface area (Å²) in [5.74, 6) is 1.08. The van der Waals surface area contributed by atoms with Crippen LogP contribution in [0, 0.1) is 0 Å². The SMILES string of the molecule is COc1ccc(S(=O)(=O)C2CN(S(=O)(=O)c3cc(OC)ccc3OC)C2)cc1. The van der Waals surface area contributed by atoms with Gasteiger partial charge in [-0.1, -0.05) is 0 Å². The van der Waals surface area contributed by atoms with Crippen molar-refractivity contribution in [2.45, 2.75) is 15.0 Å². The Balaban J connectivity index is 1.82. The first-order chi connectivity index (χ1) is 13.2. The van der Waals surface area contributed by atoms with Gasteiger partial charge in [-0.25, -0.2) is 16.8 Å². The van der Waals surface area contributed by atoms with Crippen molar-refractivity contribution < 1.29 is 31.0 Å². The van der Waals surface area contributed by atoms with E-state index in [1.807, 2.05) is 0 Å². The number of hydrogen-bond acceptors (Lipinski definition) is 7. The van der Waals surface area contributed by atoms with Crippen molar-refractivity contribution in [1.82, 2.24) is 4.31 Å². The summed E-state index contributed by atoms with van der Waals surface area (Å²) in [5, 5.41) is -0.813. The van der Waals surface area contributed by atoms with E-state index in [-0.39, 0.29) is 28.6 Å². The molecule has 8 nitrogen and oxygen atoms in total. The number of hydrogen-bond donors (Lipinski definition) is 0. The topological polar surface area (TPSA) is 99.2 Å². The molecule has 2 aromatic rings. The van der Waals surface area contributed by atoms with E-state index in [4.69, 9.17) is 14.2 Å². The predicted octanol–water partition coefficient (Wildman–Crippen LogP) is 1.56. The van der Waals surface area contributed by atoms with Crippen LogP contribution in [-0.4, -0.2) is 60.8 Å². The summed E-state index contributed by atoms with van der Waals surface area (Å²) in [6.07, 6.45) is 0. The van der Waals surface area contributed by atoms with E-state index in [0.29, 0.717) is 11.5 Å². The van der Waals surface area contributed by atoms with Gasteiger partial charge in [-0.2, -0.15) is 4.31 Å². The lowest BCUT2D eigenvalue weighted by Crippen LogP contribution is -2.56. The molecule has 1 saturated heterocycles. The molecule has 0 atom stereocenters. The first-order valence-corrected chi connectivity index (χ1v) is 11.3. The number of sulfonamides is 1. The molecule has 0 aromatic heterocycles. The first-order valence-electron chi connectivity index (χ1n) is 8.34. The molecule has 1 aliphatic rings. The van der Waals surface area contributed by atoms with Gasteiger partial charge in [0.1, 0.15) is 22.1 Å². The summed E-state index contributed by atoms with van der Waals surface area (Å²) in [4.78, 5) is 0.0731. The van der Waals surface area contributed by atoms with Crippen LogP contribution in [0.5, 0.6) is 17.2 Å². The fourth-order valence-corrected chi connectivity index (χ4v) is 6.42. The maximum absolute atomic E-state index is 12.9. The fraction of sp³-hybridized carbons (Fsp3) is 0.333. The molecular weight excluding hydrogens is 406 g/mol. The van der Waals surface area contributed by atoms with Gasteiger partial charge in [0.05, 0.1) is 31.5 Å². The molecule has 0 N–H and O–H groups in total. The molecule has 0 amide bonds. The maximum Gasteiger partial charge on any atom is 0.246 e. The molecule has 1 fully saturated rings. The minimum absolute atomic E-state index is 0.0605. The van der Waals surface area contributed by atoms with Crippen molar-refractivity contribution in [3.8, 4) is 17.2 Å². The average Bonchev–Trinajstić information content (AvgIpc) is 2.65. The van der Waals surface area contributed by atoms with Gasteiger partial charge in [0.25, 0.3) is 0 Å². The van der Waals surface area contributed by atoms with Crippen LogP contribution in [0.3, 0.4) is 0 Å². The van der Waals surface area contributed by atoms with Gasteiger partial charge in [0, 0.05) is 19.2 Å². The second-order valence-electron chi connectivity index (χ2n) is 6.18. The normalized spacial score (nSPS) is 15.7. The third kappa shape index (κ3) is 3.54. The van der Waals surface area contributed by atoms with Crippen molar-refractivity contribution >= 4 is 19.9 Å². The Morgan fingerprint density at radius 3 is 1.93 bits per heavy atom. The number of methoxy groups -OCH3 is 3. The highest BCUT2D eigenvalue weighted by Gasteiger charge is 2.45. The Morgan fingerprint density at radius 1 is 0.821 bits per heavy atom. The molecule has 0 aliphatic carbocycles. The predicted molar refractivity (Wildman–Crippen MR) is 102 cm³/mol. The van der Waals surface area contributed by atoms with Gasteiger partial charge < -0.3 is 14.2 Å². The van der Waals surface area contributed by atoms with Crippen LogP contribution in [0.25, 0.3) is 0 Å². The third-order valence-electron chi connectivity index (χ3n) is 4.63. The lowest BCUT2D eigenvalue weighted by Gasteiger charge is -2.37. The van der Waals surface area contributed by atoms with E-state index in [1.54, 1.807) is 18.2 Å². The second kappa shape index (κ2) is 7.61. The van der Waals surface area contributed by atoms with Crippen LogP contribution >= 0.6 is 0 Å². The van der Waals surface area contributed by atoms with Crippen LogP contribution in [-0.2, 0) is 19.9 Å². The van der Waals surface area contributed by atoms with Crippen LogP contribution in [0.4, 0.5) is 0 Å². The number of ether oxygens (including phenoxy) is 3. The number of sulfone groups is 1. The summed E-state index contributed by atoms with van der Waals surface area (Å²) in [6, 6.07) is 10.5. The lowest BCUT2D eigenvalue weighted by atomic mass is 10.3. The van der Waals surface area contributed by atoms with Crippen molar-refractivity contribution in [3.63, 3.8) is 0 Å². The summed E-state index contributed by atoms with van der Waals surface area (Å²) < 4.78 is 67.7. The van der Waals surface area contributed by atoms with E-state index in [2.05, 4.69) is 0 Å². The Labute approximate surface area is 164 Å². The lowest BCUT2D eigenvalue weighted by molar-refractivity contribution is 0.307. The van der Waals surface area contributed by atoms with Gasteiger partial charge in [-0.15, -0.1) is 0 Å². The van der Waals surface area contributed by atoms with E-state index < -0.39 is 25.1 Å². The second-order valence-corrected chi connectivity index (χ2v) is 10.3. The average molecular weight is 428 g/mol. The molecule has 3 rings (SSSR count). The molecule has 10 heteroatoms. The van der Waals surface area contributed by atoms with E-state index >= 15 is 0 Å². The van der Waals surface area contributed by atoms with Crippen LogP contribution in [0.1, 0.15) is 0 Å². The smallest absolute Gasteiger partial charge is 0.246 e. The van der Waals surface area contributed by atoms with E-state index in [0.717, 1.165) is 4.31 Å². The van der Waals surface area contributed by atoms with Crippen LogP contribution < -0.4 is 14.2 Å². The molecule has 1 aliphatic heterocycles. The van der Waals surface area contributed by atoms with E-state index in [9.17, 15) is 16.8 Å². The quantitative estimate of drug-likeness (QED) is 0.661. The molecule has 1 heterocycles. The summed E-state index contributed by atoms with van der Waals surface area (Å²) in [5.41, 5.74) is 0. The number of rotatable bonds is 7. The Kier molecular flexibility index (Phi) is 5.55. The molecule has 0 bridgehead atoms. The zero-order chi connectivity index (χ0) is 20.5. The minimum Gasteiger partial charge on any atom is -0.497 e. The van der Waals surface area contributed by atoms with Gasteiger partial charge >= 0.3 is 0 Å². The van der Waals surface area contributed by atoms with Gasteiger partial charge in [0.15, 0.2) is 9.84 Å². The highest BCUT2D eigenvalue weighted by molar-refractivity contribution is 7.92. The zero-order valence-electron chi connectivity index (χ0n) is 15.7. The van der Waals surface area contributed by atoms with Crippen molar-refractivity contribution in [3.05, 3.63) is 42.5 Å². The minimum atomic E-state index is -3.92. The van der Waals surface area contributed by atoms with Crippen molar-refractivity contribution in [1.29, 1.82) is 0 Å². The first kappa shape index (κ1) is 20.4. The standard InChI is InChI=1S/C18H21NO7S2/c1-24-13-4-7-15(8-5-13)27(20,21)16-11-19(12-16)28(22,23)18-10-14(25-2)6-9-17(18)26-3/h4-10,16H,11-12H2,1-3H3. The van der Waals surface area contributed by atoms with Gasteiger partial charge in [-0.05, 0) is 36.4 Å². The summed E-state index contributed by atoms with van der Waals surface area (Å²) in [7, 11) is -3.28. The fourth-order valence-electron chi connectivity index (χ4n) is 2.88. The summed E-state index contributed by atoms with van der Waals surface area (Å²) >= 11 is 0. The summed E-state index contributed by atoms with van der Waals surface area (Å²) in [6.45, 7) is -0.256. The molecule has 0 spiro atoms. The molecule has 28 heavy (non-hydrogen) atoms. The van der Waals surface area contributed by atoms with E-state index in [1.165, 1.54) is 45.6 Å². The highest BCUT2D eigenvalue weighted by atomic mass is 32.2. The van der Waals surface area contributed by atoms with Gasteiger partial charge in [-0.3, -0.25) is 0 Å². The molecule has 152 valence electrons. The van der Waals surface area contributed by atoms with Crippen LogP contribution in [0.15, 0.2) is 52.3 Å². The Morgan fingerprint density at radius 2 is 1.39 bits per heavy atom. The number of benzene rings is 2. The van der Waals surface area contributed by atoms with Crippen molar-refractivity contribution in [2.24, 2.45) is 0 Å². The maximum atomic E-state index is 12.9. The molecule has 0 unspecified atom stereocenters. The highest BCUT2D eigenvalue weighted by Crippen LogP contribution is 2.34. The van der Waals surface area contributed by atoms with Crippen molar-refractivity contribution in [2.75, 3.05) is 34.4 Å². The molecule has 0 saturated carbocycles. The number of nitrogens with zero attached hydrogens (tertiary/aromatic N) is 1. The molecule has 2 aromatic carbocycles. The van der Waals surface area contributed by atoms with Gasteiger partial charge in [0.2, 0.25) is 10.0 Å².